The predicted molar refractivity (Wildman–Crippen MR) is 116 cm³/mol. The lowest BCUT2D eigenvalue weighted by Gasteiger charge is -2.34. The zero-order valence-corrected chi connectivity index (χ0v) is 17.3. The molecule has 0 spiro atoms. The summed E-state index contributed by atoms with van der Waals surface area (Å²) in [4.78, 5) is 21.3. The van der Waals surface area contributed by atoms with Crippen molar-refractivity contribution < 1.29 is 13.9 Å². The maximum Gasteiger partial charge on any atom is 0.264 e. The van der Waals surface area contributed by atoms with Gasteiger partial charge in [-0.2, -0.15) is 10.2 Å². The maximum absolute atomic E-state index is 12.5. The fourth-order valence-electron chi connectivity index (χ4n) is 3.27. The van der Waals surface area contributed by atoms with Crippen molar-refractivity contribution in [1.82, 2.24) is 9.88 Å². The number of carbonyl (C=O) groups excluding carboxylic acids is 1. The molecule has 0 N–H and O–H groups in total. The number of piperazine rings is 1. The van der Waals surface area contributed by atoms with Gasteiger partial charge in [-0.15, -0.1) is 11.3 Å². The Balaban J connectivity index is 1.45. The van der Waals surface area contributed by atoms with Gasteiger partial charge in [-0.3, -0.25) is 4.79 Å². The number of aromatic nitrogens is 1. The van der Waals surface area contributed by atoms with Gasteiger partial charge in [-0.25, -0.2) is 0 Å². The molecule has 0 radical (unpaired) electrons. The van der Waals surface area contributed by atoms with E-state index in [-0.39, 0.29) is 11.6 Å². The molecule has 1 aliphatic heterocycles. The quantitative estimate of drug-likeness (QED) is 0.625. The van der Waals surface area contributed by atoms with Crippen molar-refractivity contribution in [1.29, 1.82) is 5.26 Å². The van der Waals surface area contributed by atoms with Gasteiger partial charge in [0.25, 0.3) is 5.91 Å². The lowest BCUT2D eigenvalue weighted by Crippen LogP contribution is -2.48. The Morgan fingerprint density at radius 2 is 2.07 bits per heavy atom. The Hall–Kier alpha value is -3.57. The number of nitriles is 1. The molecule has 4 rings (SSSR count). The minimum Gasteiger partial charge on any atom is -0.497 e. The minimum absolute atomic E-state index is 0.0460. The first kappa shape index (κ1) is 19.7. The van der Waals surface area contributed by atoms with Gasteiger partial charge in [-0.1, -0.05) is 18.2 Å². The minimum atomic E-state index is 0.0460. The molecule has 1 amide bonds. The topological polar surface area (TPSA) is 82.6 Å². The van der Waals surface area contributed by atoms with Crippen LogP contribution in [0, 0.1) is 11.3 Å². The zero-order chi connectivity index (χ0) is 20.9. The van der Waals surface area contributed by atoms with Crippen LogP contribution in [-0.4, -0.2) is 49.1 Å². The van der Waals surface area contributed by atoms with Gasteiger partial charge < -0.3 is 19.0 Å². The van der Waals surface area contributed by atoms with E-state index in [9.17, 15) is 10.1 Å². The van der Waals surface area contributed by atoms with Gasteiger partial charge in [-0.05, 0) is 35.2 Å². The Morgan fingerprint density at radius 3 is 2.77 bits per heavy atom. The van der Waals surface area contributed by atoms with Crippen LogP contribution in [0.4, 0.5) is 5.88 Å². The van der Waals surface area contributed by atoms with Crippen molar-refractivity contribution >= 4 is 35.3 Å². The van der Waals surface area contributed by atoms with E-state index < -0.39 is 0 Å². The van der Waals surface area contributed by atoms with Crippen molar-refractivity contribution in [2.75, 3.05) is 38.2 Å². The molecule has 3 aromatic rings. The van der Waals surface area contributed by atoms with Gasteiger partial charge in [0, 0.05) is 32.3 Å². The van der Waals surface area contributed by atoms with E-state index in [1.165, 1.54) is 11.3 Å². The first-order valence-corrected chi connectivity index (χ1v) is 10.4. The van der Waals surface area contributed by atoms with Gasteiger partial charge in [0.05, 0.1) is 12.0 Å². The van der Waals surface area contributed by atoms with Crippen LogP contribution in [0.1, 0.15) is 26.8 Å². The number of oxazole rings is 1. The van der Waals surface area contributed by atoms with Crippen LogP contribution in [0.3, 0.4) is 0 Å². The first-order chi connectivity index (χ1) is 14.7. The van der Waals surface area contributed by atoms with Gasteiger partial charge in [0.1, 0.15) is 11.8 Å². The summed E-state index contributed by atoms with van der Waals surface area (Å²) in [6, 6.07) is 13.4. The number of thiophene rings is 1. The van der Waals surface area contributed by atoms with Crippen LogP contribution >= 0.6 is 11.3 Å². The molecule has 8 heteroatoms. The highest BCUT2D eigenvalue weighted by Crippen LogP contribution is 2.25. The zero-order valence-electron chi connectivity index (χ0n) is 16.4. The number of hydrogen-bond donors (Lipinski definition) is 0. The molecule has 3 heterocycles. The Labute approximate surface area is 178 Å². The monoisotopic (exact) mass is 420 g/mol. The molecule has 0 unspecified atom stereocenters. The normalized spacial score (nSPS) is 14.1. The van der Waals surface area contributed by atoms with Crippen molar-refractivity contribution in [3.8, 4) is 11.8 Å². The van der Waals surface area contributed by atoms with Gasteiger partial charge in [0.15, 0.2) is 0 Å². The second-order valence-corrected chi connectivity index (χ2v) is 7.63. The average molecular weight is 420 g/mol. The van der Waals surface area contributed by atoms with Gasteiger partial charge >= 0.3 is 0 Å². The van der Waals surface area contributed by atoms with Crippen molar-refractivity contribution in [3.05, 3.63) is 63.8 Å². The van der Waals surface area contributed by atoms with E-state index in [2.05, 4.69) is 11.1 Å². The third-order valence-electron chi connectivity index (χ3n) is 4.83. The summed E-state index contributed by atoms with van der Waals surface area (Å²) >= 11 is 1.45. The summed E-state index contributed by atoms with van der Waals surface area (Å²) in [5.74, 6) is 1.62. The molecule has 1 saturated heterocycles. The molecule has 7 nitrogen and oxygen atoms in total. The molecule has 2 aromatic heterocycles. The van der Waals surface area contributed by atoms with Crippen molar-refractivity contribution in [2.24, 2.45) is 0 Å². The number of methoxy groups -OCH3 is 1. The highest BCUT2D eigenvalue weighted by Gasteiger charge is 2.26. The third-order valence-corrected chi connectivity index (χ3v) is 5.69. The molecule has 0 bridgehead atoms. The first-order valence-electron chi connectivity index (χ1n) is 9.48. The number of hydrogen-bond acceptors (Lipinski definition) is 7. The van der Waals surface area contributed by atoms with Crippen LogP contribution in [-0.2, 0) is 0 Å². The van der Waals surface area contributed by atoms with Gasteiger partial charge in [0.2, 0.25) is 17.5 Å². The number of nitrogens with zero attached hydrogens (tertiary/aromatic N) is 4. The predicted octanol–water partition coefficient (Wildman–Crippen LogP) is 3.75. The standard InChI is InChI=1S/C22H20N4O3S/c1-28-17-5-2-4-16(14-17)7-8-20-24-18(15-23)22(29-20)26-11-9-25(10-12-26)21(27)19-6-3-13-30-19/h2-8,13-14H,9-12H2,1H3/b8-7+. The lowest BCUT2D eigenvalue weighted by molar-refractivity contribution is 0.0750. The molecule has 1 aliphatic rings. The average Bonchev–Trinajstić information content (AvgIpc) is 3.47. The number of anilines is 1. The number of rotatable bonds is 5. The highest BCUT2D eigenvalue weighted by molar-refractivity contribution is 7.12. The van der Waals surface area contributed by atoms with E-state index in [1.807, 2.05) is 57.7 Å². The number of benzene rings is 1. The van der Waals surface area contributed by atoms with Crippen LogP contribution in [0.15, 0.2) is 46.2 Å². The smallest absolute Gasteiger partial charge is 0.264 e. The van der Waals surface area contributed by atoms with Crippen LogP contribution in [0.25, 0.3) is 12.2 Å². The van der Waals surface area contributed by atoms with Crippen molar-refractivity contribution in [2.45, 2.75) is 0 Å². The van der Waals surface area contributed by atoms with E-state index in [1.54, 1.807) is 13.2 Å². The SMILES string of the molecule is COc1cccc(/C=C/c2nc(C#N)c(N3CCN(C(=O)c4cccs4)CC3)o2)c1. The van der Waals surface area contributed by atoms with Crippen LogP contribution in [0.2, 0.25) is 0 Å². The largest absolute Gasteiger partial charge is 0.497 e. The summed E-state index contributed by atoms with van der Waals surface area (Å²) in [5.41, 5.74) is 1.19. The highest BCUT2D eigenvalue weighted by atomic mass is 32.1. The number of amides is 1. The molecule has 152 valence electrons. The molecule has 1 aromatic carbocycles. The fraction of sp³-hybridized carbons (Fsp3) is 0.227. The summed E-state index contributed by atoms with van der Waals surface area (Å²) in [6.45, 7) is 2.30. The second-order valence-electron chi connectivity index (χ2n) is 6.68. The van der Waals surface area contributed by atoms with Crippen LogP contribution < -0.4 is 9.64 Å². The summed E-state index contributed by atoms with van der Waals surface area (Å²) in [6.07, 6.45) is 3.59. The number of carbonyl (C=O) groups is 1. The maximum atomic E-state index is 12.5. The Morgan fingerprint density at radius 1 is 1.23 bits per heavy atom. The molecule has 0 saturated carbocycles. The van der Waals surface area contributed by atoms with E-state index in [4.69, 9.17) is 9.15 Å². The summed E-state index contributed by atoms with van der Waals surface area (Å²) in [5, 5.41) is 11.4. The second kappa shape index (κ2) is 8.84. The van der Waals surface area contributed by atoms with Crippen molar-refractivity contribution in [3.63, 3.8) is 0 Å². The van der Waals surface area contributed by atoms with E-state index in [0.29, 0.717) is 38.0 Å². The molecular weight excluding hydrogens is 400 g/mol. The summed E-state index contributed by atoms with van der Waals surface area (Å²) < 4.78 is 11.1. The van der Waals surface area contributed by atoms with Crippen LogP contribution in [0.5, 0.6) is 5.75 Å². The summed E-state index contributed by atoms with van der Waals surface area (Å²) in [7, 11) is 1.62. The third kappa shape index (κ3) is 4.21. The molecular formula is C22H20N4O3S. The van der Waals surface area contributed by atoms with E-state index >= 15 is 0 Å². The Bertz CT molecular complexity index is 1090. The molecule has 0 atom stereocenters. The molecule has 30 heavy (non-hydrogen) atoms. The fourth-order valence-corrected chi connectivity index (χ4v) is 3.96. The number of ether oxygens (including phenoxy) is 1. The Kier molecular flexibility index (Phi) is 5.82. The molecule has 1 fully saturated rings. The lowest BCUT2D eigenvalue weighted by atomic mass is 10.2. The molecule has 0 aliphatic carbocycles. The van der Waals surface area contributed by atoms with E-state index in [0.717, 1.165) is 16.2 Å².